The lowest BCUT2D eigenvalue weighted by Gasteiger charge is -2.19. The molecule has 0 saturated carbocycles. The number of hydrogen-bond donors (Lipinski definition) is 1. The molecule has 3 aromatic rings. The first-order valence-corrected chi connectivity index (χ1v) is 10.6. The molecule has 0 fully saturated rings. The second-order valence-electron chi connectivity index (χ2n) is 7.68. The average molecular weight is 460 g/mol. The van der Waals surface area contributed by atoms with Gasteiger partial charge in [0.25, 0.3) is 0 Å². The second-order valence-corrected chi connectivity index (χ2v) is 7.68. The second kappa shape index (κ2) is 9.27. The number of aliphatic hydroxyl groups excluding tert-OH is 1. The highest BCUT2D eigenvalue weighted by molar-refractivity contribution is 5.81. The standard InChI is InChI=1S/C24H23F3N2O4/c1-2-32-23(31)21(30)19-20(17-10-11-18-16(13-17)9-6-12-33-18)29(28-22(19)24(25,26)27)14-15-7-4-3-5-8-15/h3-5,7-8,10-11,13,21,30H,2,6,9,12,14H2,1H3. The highest BCUT2D eigenvalue weighted by Gasteiger charge is 2.43. The molecule has 9 heteroatoms. The highest BCUT2D eigenvalue weighted by Crippen LogP contribution is 2.41. The SMILES string of the molecule is CCOC(=O)C(O)c1c(C(F)(F)F)nn(Cc2ccccc2)c1-c1ccc2c(c1)CCCO2. The van der Waals surface area contributed by atoms with Gasteiger partial charge in [-0.3, -0.25) is 4.68 Å². The number of aryl methyl sites for hydroxylation is 1. The first-order chi connectivity index (χ1) is 15.8. The first-order valence-electron chi connectivity index (χ1n) is 10.6. The molecule has 1 aliphatic heterocycles. The van der Waals surface area contributed by atoms with Gasteiger partial charge in [-0.15, -0.1) is 0 Å². The van der Waals surface area contributed by atoms with Crippen molar-refractivity contribution in [2.24, 2.45) is 0 Å². The third-order valence-electron chi connectivity index (χ3n) is 5.40. The smallest absolute Gasteiger partial charge is 0.435 e. The van der Waals surface area contributed by atoms with Crippen LogP contribution >= 0.6 is 0 Å². The summed E-state index contributed by atoms with van der Waals surface area (Å²) in [6.07, 6.45) is -5.55. The molecule has 0 radical (unpaired) electrons. The zero-order valence-electron chi connectivity index (χ0n) is 17.9. The minimum absolute atomic E-state index is 0.0140. The summed E-state index contributed by atoms with van der Waals surface area (Å²) in [7, 11) is 0. The molecule has 33 heavy (non-hydrogen) atoms. The van der Waals surface area contributed by atoms with Gasteiger partial charge < -0.3 is 14.6 Å². The molecular formula is C24H23F3N2O4. The zero-order chi connectivity index (χ0) is 23.6. The van der Waals surface area contributed by atoms with E-state index in [0.717, 1.165) is 12.0 Å². The lowest BCUT2D eigenvalue weighted by atomic mass is 9.96. The number of aromatic nitrogens is 2. The van der Waals surface area contributed by atoms with Gasteiger partial charge in [0.05, 0.1) is 31.0 Å². The molecule has 6 nitrogen and oxygen atoms in total. The maximum absolute atomic E-state index is 14.0. The number of carbonyl (C=O) groups is 1. The summed E-state index contributed by atoms with van der Waals surface area (Å²) in [6, 6.07) is 13.9. The van der Waals surface area contributed by atoms with Gasteiger partial charge in [-0.05, 0) is 49.1 Å². The molecule has 1 aromatic heterocycles. The Bertz CT molecular complexity index is 1140. The summed E-state index contributed by atoms with van der Waals surface area (Å²) in [5, 5.41) is 14.5. The first kappa shape index (κ1) is 22.8. The topological polar surface area (TPSA) is 73.6 Å². The van der Waals surface area contributed by atoms with Gasteiger partial charge in [0.15, 0.2) is 11.8 Å². The Hall–Kier alpha value is -3.33. The number of rotatable bonds is 6. The van der Waals surface area contributed by atoms with E-state index >= 15 is 0 Å². The van der Waals surface area contributed by atoms with Gasteiger partial charge in [0.1, 0.15) is 5.75 Å². The molecule has 0 aliphatic carbocycles. The number of hydrogen-bond acceptors (Lipinski definition) is 5. The number of benzene rings is 2. The van der Waals surface area contributed by atoms with Crippen LogP contribution in [0.4, 0.5) is 13.2 Å². The van der Waals surface area contributed by atoms with Gasteiger partial charge in [-0.25, -0.2) is 4.79 Å². The van der Waals surface area contributed by atoms with Crippen LogP contribution in [-0.4, -0.2) is 34.1 Å². The number of fused-ring (bicyclic) bond motifs is 1. The molecule has 0 spiro atoms. The Balaban J connectivity index is 1.94. The van der Waals surface area contributed by atoms with Crippen LogP contribution in [0, 0.1) is 0 Å². The van der Waals surface area contributed by atoms with Crippen LogP contribution < -0.4 is 4.74 Å². The van der Waals surface area contributed by atoms with E-state index in [4.69, 9.17) is 9.47 Å². The molecule has 0 saturated heterocycles. The summed E-state index contributed by atoms with van der Waals surface area (Å²) in [6.45, 7) is 2.02. The summed E-state index contributed by atoms with van der Waals surface area (Å²) >= 11 is 0. The molecule has 1 aliphatic rings. The highest BCUT2D eigenvalue weighted by atomic mass is 19.4. The van der Waals surface area contributed by atoms with Gasteiger partial charge in [0.2, 0.25) is 0 Å². The summed E-state index contributed by atoms with van der Waals surface area (Å²) < 4.78 is 53.7. The molecule has 174 valence electrons. The fraction of sp³-hybridized carbons (Fsp3) is 0.333. The van der Waals surface area contributed by atoms with E-state index in [0.29, 0.717) is 29.9 Å². The van der Waals surface area contributed by atoms with E-state index in [1.165, 1.54) is 11.6 Å². The number of ether oxygens (including phenoxy) is 2. The Morgan fingerprint density at radius 1 is 1.24 bits per heavy atom. The van der Waals surface area contributed by atoms with Gasteiger partial charge in [0, 0.05) is 5.56 Å². The van der Waals surface area contributed by atoms with Crippen LogP contribution in [-0.2, 0) is 28.7 Å². The molecule has 1 unspecified atom stereocenters. The van der Waals surface area contributed by atoms with Crippen LogP contribution in [0.1, 0.15) is 41.8 Å². The van der Waals surface area contributed by atoms with Gasteiger partial charge in [-0.2, -0.15) is 18.3 Å². The van der Waals surface area contributed by atoms with Crippen LogP contribution in [0.15, 0.2) is 48.5 Å². The zero-order valence-corrected chi connectivity index (χ0v) is 17.9. The van der Waals surface area contributed by atoms with Crippen LogP contribution in [0.5, 0.6) is 5.75 Å². The van der Waals surface area contributed by atoms with Crippen molar-refractivity contribution in [3.8, 4) is 17.0 Å². The number of halogens is 3. The van der Waals surface area contributed by atoms with E-state index in [9.17, 15) is 23.1 Å². The third-order valence-corrected chi connectivity index (χ3v) is 5.40. The molecular weight excluding hydrogens is 437 g/mol. The van der Waals surface area contributed by atoms with Crippen molar-refractivity contribution in [1.82, 2.24) is 9.78 Å². The molecule has 1 atom stereocenters. The number of esters is 1. The minimum atomic E-state index is -4.89. The Kier molecular flexibility index (Phi) is 6.42. The van der Waals surface area contributed by atoms with Crippen LogP contribution in [0.25, 0.3) is 11.3 Å². The van der Waals surface area contributed by atoms with E-state index in [2.05, 4.69) is 5.10 Å². The lowest BCUT2D eigenvalue weighted by molar-refractivity contribution is -0.155. The molecule has 4 rings (SSSR count). The minimum Gasteiger partial charge on any atom is -0.493 e. The van der Waals surface area contributed by atoms with Gasteiger partial charge >= 0.3 is 12.1 Å². The van der Waals surface area contributed by atoms with Gasteiger partial charge in [-0.1, -0.05) is 30.3 Å². The largest absolute Gasteiger partial charge is 0.493 e. The van der Waals surface area contributed by atoms with E-state index in [-0.39, 0.29) is 18.8 Å². The van der Waals surface area contributed by atoms with Crippen molar-refractivity contribution in [2.45, 2.75) is 38.6 Å². The monoisotopic (exact) mass is 460 g/mol. The van der Waals surface area contributed by atoms with Crippen LogP contribution in [0.3, 0.4) is 0 Å². The van der Waals surface area contributed by atoms with Crippen molar-refractivity contribution < 1.29 is 32.5 Å². The third kappa shape index (κ3) is 4.73. The predicted octanol–water partition coefficient (Wildman–Crippen LogP) is 4.54. The Labute approximate surface area is 188 Å². The number of alkyl halides is 3. The Morgan fingerprint density at radius 2 is 2.00 bits per heavy atom. The number of nitrogens with zero attached hydrogens (tertiary/aromatic N) is 2. The van der Waals surface area contributed by atoms with Crippen molar-refractivity contribution in [3.05, 3.63) is 70.9 Å². The summed E-state index contributed by atoms with van der Waals surface area (Å²) in [4.78, 5) is 12.3. The van der Waals surface area contributed by atoms with Crippen LogP contribution in [0.2, 0.25) is 0 Å². The van der Waals surface area contributed by atoms with E-state index < -0.39 is 29.5 Å². The molecule has 2 aromatic carbocycles. The van der Waals surface area contributed by atoms with Crippen molar-refractivity contribution in [1.29, 1.82) is 0 Å². The number of carbonyl (C=O) groups excluding carboxylic acids is 1. The lowest BCUT2D eigenvalue weighted by Crippen LogP contribution is -2.20. The molecule has 1 N–H and O–H groups in total. The quantitative estimate of drug-likeness (QED) is 0.547. The molecule has 0 amide bonds. The fourth-order valence-corrected chi connectivity index (χ4v) is 3.97. The predicted molar refractivity (Wildman–Crippen MR) is 114 cm³/mol. The summed E-state index contributed by atoms with van der Waals surface area (Å²) in [5.74, 6) is -0.493. The molecule has 0 bridgehead atoms. The molecule has 2 heterocycles. The fourth-order valence-electron chi connectivity index (χ4n) is 3.97. The van der Waals surface area contributed by atoms with Crippen molar-refractivity contribution in [2.75, 3.05) is 13.2 Å². The van der Waals surface area contributed by atoms with E-state index in [1.807, 2.05) is 0 Å². The number of aliphatic hydroxyl groups is 1. The average Bonchev–Trinajstić information content (AvgIpc) is 3.18. The van der Waals surface area contributed by atoms with Crippen molar-refractivity contribution in [3.63, 3.8) is 0 Å². The maximum Gasteiger partial charge on any atom is 0.435 e. The Morgan fingerprint density at radius 3 is 2.70 bits per heavy atom. The maximum atomic E-state index is 14.0. The van der Waals surface area contributed by atoms with E-state index in [1.54, 1.807) is 48.5 Å². The normalized spacial score (nSPS) is 14.3. The van der Waals surface area contributed by atoms with Crippen molar-refractivity contribution >= 4 is 5.97 Å². The summed E-state index contributed by atoms with van der Waals surface area (Å²) in [5.41, 5.74) is 0.0398.